The Balaban J connectivity index is 1.32. The molecule has 26 heavy (non-hydrogen) atoms. The van der Waals surface area contributed by atoms with Crippen molar-refractivity contribution in [2.45, 2.75) is 44.6 Å². The van der Waals surface area contributed by atoms with E-state index < -0.39 is 0 Å². The lowest BCUT2D eigenvalue weighted by Gasteiger charge is -2.31. The molecule has 0 atom stereocenters. The number of H-pyrrole nitrogens is 1. The van der Waals surface area contributed by atoms with Gasteiger partial charge in [0.1, 0.15) is 17.5 Å². The van der Waals surface area contributed by atoms with E-state index in [1.54, 1.807) is 0 Å². The molecule has 3 aromatic rings. The number of fused-ring (bicyclic) bond motifs is 1. The number of aromatic nitrogens is 4. The Bertz CT molecular complexity index is 919. The Morgan fingerprint density at radius 3 is 2.88 bits per heavy atom. The fraction of sp³-hybridized carbons (Fsp3) is 0.421. The fourth-order valence-electron chi connectivity index (χ4n) is 3.35. The van der Waals surface area contributed by atoms with E-state index in [0.29, 0.717) is 10.9 Å². The van der Waals surface area contributed by atoms with E-state index in [1.807, 2.05) is 31.2 Å². The number of nitrogens with one attached hydrogen (secondary N) is 2. The van der Waals surface area contributed by atoms with Crippen LogP contribution in [-0.4, -0.2) is 37.7 Å². The lowest BCUT2D eigenvalue weighted by molar-refractivity contribution is 0.0731. The number of aryl methyl sites for hydroxylation is 2. The molecule has 1 fully saturated rings. The van der Waals surface area contributed by atoms with Gasteiger partial charge >= 0.3 is 0 Å². The summed E-state index contributed by atoms with van der Waals surface area (Å²) in [6, 6.07) is 7.69. The van der Waals surface area contributed by atoms with Crippen LogP contribution in [0.3, 0.4) is 0 Å². The Labute approximate surface area is 157 Å². The summed E-state index contributed by atoms with van der Waals surface area (Å²) in [6.45, 7) is 2.71. The molecule has 0 radical (unpaired) electrons. The van der Waals surface area contributed by atoms with Crippen molar-refractivity contribution in [3.8, 4) is 0 Å². The fourth-order valence-corrected chi connectivity index (χ4v) is 3.52. The van der Waals surface area contributed by atoms with Crippen LogP contribution in [0.25, 0.3) is 11.0 Å². The van der Waals surface area contributed by atoms with Gasteiger partial charge in [0.05, 0.1) is 17.1 Å². The van der Waals surface area contributed by atoms with Crippen LogP contribution in [-0.2, 0) is 6.42 Å². The zero-order chi connectivity index (χ0) is 18.1. The van der Waals surface area contributed by atoms with Crippen LogP contribution in [0, 0.1) is 6.92 Å². The zero-order valence-electron chi connectivity index (χ0n) is 14.7. The summed E-state index contributed by atoms with van der Waals surface area (Å²) < 4.78 is 0. The van der Waals surface area contributed by atoms with Gasteiger partial charge in [0.15, 0.2) is 0 Å². The second kappa shape index (κ2) is 7.21. The molecule has 2 aromatic heterocycles. The molecule has 0 aliphatic heterocycles. The van der Waals surface area contributed by atoms with E-state index in [2.05, 4.69) is 25.3 Å². The Morgan fingerprint density at radius 2 is 2.08 bits per heavy atom. The van der Waals surface area contributed by atoms with Crippen molar-refractivity contribution in [2.75, 3.05) is 11.9 Å². The minimum atomic E-state index is -0.176. The minimum absolute atomic E-state index is 0.176. The Morgan fingerprint density at radius 1 is 1.23 bits per heavy atom. The van der Waals surface area contributed by atoms with Crippen LogP contribution < -0.4 is 5.32 Å². The number of aliphatic hydroxyl groups excluding tert-OH is 1. The van der Waals surface area contributed by atoms with Crippen LogP contribution in [0.5, 0.6) is 0 Å². The zero-order valence-corrected chi connectivity index (χ0v) is 15.4. The molecule has 136 valence electrons. The van der Waals surface area contributed by atoms with Crippen molar-refractivity contribution in [1.29, 1.82) is 0 Å². The minimum Gasteiger partial charge on any atom is -0.393 e. The van der Waals surface area contributed by atoms with Crippen molar-refractivity contribution < 1.29 is 5.11 Å². The van der Waals surface area contributed by atoms with Crippen molar-refractivity contribution in [3.63, 3.8) is 0 Å². The highest BCUT2D eigenvalue weighted by molar-refractivity contribution is 6.31. The number of hydrogen-bond acceptors (Lipinski definition) is 5. The molecule has 6 nitrogen and oxygen atoms in total. The van der Waals surface area contributed by atoms with E-state index in [1.165, 1.54) is 0 Å². The Hall–Kier alpha value is -2.18. The number of hydrogen-bond donors (Lipinski definition) is 3. The van der Waals surface area contributed by atoms with Gasteiger partial charge in [-0.2, -0.15) is 0 Å². The van der Waals surface area contributed by atoms with Crippen molar-refractivity contribution in [1.82, 2.24) is 19.9 Å². The summed E-state index contributed by atoms with van der Waals surface area (Å²) in [5.41, 5.74) is 2.94. The topological polar surface area (TPSA) is 86.7 Å². The second-order valence-corrected chi connectivity index (χ2v) is 7.36. The largest absolute Gasteiger partial charge is 0.393 e. The number of benzene rings is 1. The molecule has 0 unspecified atom stereocenters. The van der Waals surface area contributed by atoms with E-state index in [4.69, 9.17) is 11.6 Å². The van der Waals surface area contributed by atoms with E-state index >= 15 is 0 Å². The summed E-state index contributed by atoms with van der Waals surface area (Å²) in [6.07, 6.45) is 3.21. The molecule has 0 spiro atoms. The molecule has 1 saturated carbocycles. The van der Waals surface area contributed by atoms with Gasteiger partial charge in [-0.1, -0.05) is 11.6 Å². The second-order valence-electron chi connectivity index (χ2n) is 6.92. The number of aromatic amines is 1. The number of halogens is 1. The van der Waals surface area contributed by atoms with Crippen molar-refractivity contribution in [2.24, 2.45) is 0 Å². The number of rotatable bonds is 6. The lowest BCUT2D eigenvalue weighted by Crippen LogP contribution is -2.27. The van der Waals surface area contributed by atoms with Gasteiger partial charge in [-0.15, -0.1) is 0 Å². The first-order valence-electron chi connectivity index (χ1n) is 8.98. The molecule has 1 aliphatic carbocycles. The van der Waals surface area contributed by atoms with Crippen LogP contribution in [0.2, 0.25) is 5.02 Å². The summed E-state index contributed by atoms with van der Waals surface area (Å²) in [5.74, 6) is 2.94. The maximum Gasteiger partial charge on any atom is 0.129 e. The predicted octanol–water partition coefficient (Wildman–Crippen LogP) is 3.60. The van der Waals surface area contributed by atoms with Gasteiger partial charge in [0.2, 0.25) is 0 Å². The average Bonchev–Trinajstić information content (AvgIpc) is 2.97. The first kappa shape index (κ1) is 17.2. The maximum absolute atomic E-state index is 9.49. The quantitative estimate of drug-likeness (QED) is 0.576. The van der Waals surface area contributed by atoms with E-state index in [0.717, 1.165) is 66.4 Å². The number of aliphatic hydroxyl groups is 1. The predicted molar refractivity (Wildman–Crippen MR) is 103 cm³/mol. The number of nitrogens with zero attached hydrogens (tertiary/aromatic N) is 3. The molecule has 2 heterocycles. The third-order valence-corrected chi connectivity index (χ3v) is 5.01. The number of imidazole rings is 1. The summed E-state index contributed by atoms with van der Waals surface area (Å²) in [5, 5.41) is 13.6. The molecular weight excluding hydrogens is 350 g/mol. The van der Waals surface area contributed by atoms with Crippen molar-refractivity contribution >= 4 is 28.5 Å². The SMILES string of the molecule is Cc1nc(NCCCc2nc3ccc(Cl)cc3[nH]2)cc(C2CC(O)C2)n1. The molecule has 1 aliphatic rings. The highest BCUT2D eigenvalue weighted by Gasteiger charge is 2.30. The first-order chi connectivity index (χ1) is 12.6. The van der Waals surface area contributed by atoms with Crippen LogP contribution in [0.1, 0.15) is 42.5 Å². The molecule has 3 N–H and O–H groups in total. The smallest absolute Gasteiger partial charge is 0.129 e. The van der Waals surface area contributed by atoms with Crippen molar-refractivity contribution in [3.05, 3.63) is 46.6 Å². The van der Waals surface area contributed by atoms with E-state index in [9.17, 15) is 5.11 Å². The number of anilines is 1. The van der Waals surface area contributed by atoms with Crippen LogP contribution in [0.15, 0.2) is 24.3 Å². The Kier molecular flexibility index (Phi) is 4.78. The standard InChI is InChI=1S/C19H22ClN5O/c1-11-22-16(12-7-14(26)8-12)10-19(23-11)21-6-2-3-18-24-15-5-4-13(20)9-17(15)25-18/h4-5,9-10,12,14,26H,2-3,6-8H2,1H3,(H,24,25)(H,21,22,23). The third-order valence-electron chi connectivity index (χ3n) is 4.78. The van der Waals surface area contributed by atoms with Crippen LogP contribution >= 0.6 is 11.6 Å². The normalized spacial score (nSPS) is 19.5. The summed E-state index contributed by atoms with van der Waals surface area (Å²) in [4.78, 5) is 16.9. The lowest BCUT2D eigenvalue weighted by atomic mass is 9.80. The summed E-state index contributed by atoms with van der Waals surface area (Å²) in [7, 11) is 0. The van der Waals surface area contributed by atoms with Gasteiger partial charge in [0, 0.05) is 35.7 Å². The van der Waals surface area contributed by atoms with Gasteiger partial charge < -0.3 is 15.4 Å². The third kappa shape index (κ3) is 3.81. The van der Waals surface area contributed by atoms with E-state index in [-0.39, 0.29) is 6.10 Å². The maximum atomic E-state index is 9.49. The summed E-state index contributed by atoms with van der Waals surface area (Å²) >= 11 is 6.01. The molecule has 4 rings (SSSR count). The highest BCUT2D eigenvalue weighted by atomic mass is 35.5. The molecule has 1 aromatic carbocycles. The molecule has 0 amide bonds. The molecule has 0 saturated heterocycles. The van der Waals surface area contributed by atoms with Gasteiger partial charge in [-0.05, 0) is 44.4 Å². The van der Waals surface area contributed by atoms with Crippen LogP contribution in [0.4, 0.5) is 5.82 Å². The molecule has 7 heteroatoms. The molecule has 0 bridgehead atoms. The first-order valence-corrected chi connectivity index (χ1v) is 9.36. The highest BCUT2D eigenvalue weighted by Crippen LogP contribution is 2.36. The van der Waals surface area contributed by atoms with Gasteiger partial charge in [0.25, 0.3) is 0 Å². The average molecular weight is 372 g/mol. The van der Waals surface area contributed by atoms with Gasteiger partial charge in [-0.3, -0.25) is 0 Å². The molecular formula is C19H22ClN5O. The monoisotopic (exact) mass is 371 g/mol. The van der Waals surface area contributed by atoms with Gasteiger partial charge in [-0.25, -0.2) is 15.0 Å².